The second-order valence-electron chi connectivity index (χ2n) is 9.57. The summed E-state index contributed by atoms with van der Waals surface area (Å²) in [4.78, 5) is 26.4. The van der Waals surface area contributed by atoms with Gasteiger partial charge in [0.05, 0.1) is 0 Å². The van der Waals surface area contributed by atoms with Gasteiger partial charge in [-0.2, -0.15) is 0 Å². The number of amides is 2. The van der Waals surface area contributed by atoms with Crippen molar-refractivity contribution in [3.63, 3.8) is 0 Å². The molecule has 1 heterocycles. The van der Waals surface area contributed by atoms with Crippen molar-refractivity contribution in [2.75, 3.05) is 13.1 Å². The van der Waals surface area contributed by atoms with Crippen LogP contribution >= 0.6 is 0 Å². The van der Waals surface area contributed by atoms with E-state index in [9.17, 15) is 9.59 Å². The lowest BCUT2D eigenvalue weighted by Crippen LogP contribution is -2.36. The van der Waals surface area contributed by atoms with Crippen LogP contribution in [-0.2, 0) is 16.1 Å². The normalized spacial score (nSPS) is 14.8. The van der Waals surface area contributed by atoms with Gasteiger partial charge in [-0.3, -0.25) is 4.79 Å². The molecule has 0 unspecified atom stereocenters. The predicted molar refractivity (Wildman–Crippen MR) is 133 cm³/mol. The summed E-state index contributed by atoms with van der Waals surface area (Å²) in [6, 6.07) is 14.9. The Morgan fingerprint density at radius 1 is 1.12 bits per heavy atom. The molecule has 2 aromatic rings. The third-order valence-corrected chi connectivity index (χ3v) is 5.72. The number of ether oxygens (including phenoxy) is 1. The van der Waals surface area contributed by atoms with Gasteiger partial charge in [0.15, 0.2) is 0 Å². The minimum absolute atomic E-state index is 0.0277. The first-order chi connectivity index (χ1) is 16.1. The zero-order valence-electron chi connectivity index (χ0n) is 20.0. The molecule has 0 aliphatic carbocycles. The van der Waals surface area contributed by atoms with Crippen LogP contribution in [0.1, 0.15) is 56.2 Å². The summed E-state index contributed by atoms with van der Waals surface area (Å²) >= 11 is 0. The molecule has 2 amide bonds. The molecule has 34 heavy (non-hydrogen) atoms. The third-order valence-electron chi connectivity index (χ3n) is 5.72. The molecule has 0 saturated carbocycles. The number of alkyl carbamates (subject to hydrolysis) is 1. The summed E-state index contributed by atoms with van der Waals surface area (Å²) in [6.45, 7) is 7.28. The van der Waals surface area contributed by atoms with Gasteiger partial charge < -0.3 is 25.0 Å². The van der Waals surface area contributed by atoms with Crippen LogP contribution < -0.4 is 10.8 Å². The maximum Gasteiger partial charge on any atom is 0.488 e. The van der Waals surface area contributed by atoms with E-state index in [4.69, 9.17) is 14.8 Å². The SMILES string of the molecule is CC(C)(C)OC(=O)NCc1cccc(C2CCN(C(=O)C=Cc3ccc(B(O)O)cc3)CC2)c1. The van der Waals surface area contributed by atoms with E-state index in [1.54, 1.807) is 36.4 Å². The van der Waals surface area contributed by atoms with Gasteiger partial charge in [0.2, 0.25) is 5.91 Å². The van der Waals surface area contributed by atoms with Crippen LogP contribution in [0, 0.1) is 0 Å². The van der Waals surface area contributed by atoms with Gasteiger partial charge in [-0.1, -0.05) is 48.5 Å². The van der Waals surface area contributed by atoms with Crippen molar-refractivity contribution in [2.45, 2.75) is 51.7 Å². The summed E-state index contributed by atoms with van der Waals surface area (Å²) < 4.78 is 5.29. The van der Waals surface area contributed by atoms with Crippen LogP contribution in [0.25, 0.3) is 6.08 Å². The molecule has 3 N–H and O–H groups in total. The quantitative estimate of drug-likeness (QED) is 0.451. The highest BCUT2D eigenvalue weighted by Gasteiger charge is 2.23. The smallest absolute Gasteiger partial charge is 0.444 e. The summed E-state index contributed by atoms with van der Waals surface area (Å²) in [6.07, 6.45) is 4.63. The molecule has 7 nitrogen and oxygen atoms in total. The molecule has 3 rings (SSSR count). The van der Waals surface area contributed by atoms with Crippen LogP contribution in [0.15, 0.2) is 54.6 Å². The Bertz CT molecular complexity index is 1010. The van der Waals surface area contributed by atoms with E-state index in [-0.39, 0.29) is 5.91 Å². The van der Waals surface area contributed by atoms with E-state index in [1.165, 1.54) is 5.56 Å². The highest BCUT2D eigenvalue weighted by Crippen LogP contribution is 2.28. The Morgan fingerprint density at radius 2 is 1.79 bits per heavy atom. The molecule has 0 spiro atoms. The van der Waals surface area contributed by atoms with Gasteiger partial charge in [-0.15, -0.1) is 0 Å². The first-order valence-corrected chi connectivity index (χ1v) is 11.6. The van der Waals surface area contributed by atoms with Crippen LogP contribution in [0.5, 0.6) is 0 Å². The molecule has 2 aromatic carbocycles. The molecular formula is C26H33BN2O5. The van der Waals surface area contributed by atoms with Gasteiger partial charge in [0, 0.05) is 25.7 Å². The fraction of sp³-hybridized carbons (Fsp3) is 0.385. The average molecular weight is 464 g/mol. The van der Waals surface area contributed by atoms with Gasteiger partial charge >= 0.3 is 13.2 Å². The van der Waals surface area contributed by atoms with Gasteiger partial charge in [0.25, 0.3) is 0 Å². The standard InChI is InChI=1S/C26H33BN2O5/c1-26(2,3)34-25(31)28-18-20-5-4-6-22(17-20)21-13-15-29(16-14-21)24(30)12-9-19-7-10-23(11-8-19)27(32)33/h4-12,17,21,32-33H,13-16,18H2,1-3H3,(H,28,31). The molecule has 1 fully saturated rings. The molecule has 0 bridgehead atoms. The molecular weight excluding hydrogens is 431 g/mol. The summed E-state index contributed by atoms with van der Waals surface area (Å²) in [5, 5.41) is 21.1. The Hall–Kier alpha value is -3.10. The second-order valence-corrected chi connectivity index (χ2v) is 9.57. The summed E-state index contributed by atoms with van der Waals surface area (Å²) in [5.41, 5.74) is 2.95. The second kappa shape index (κ2) is 11.4. The molecule has 0 atom stereocenters. The van der Waals surface area contributed by atoms with E-state index >= 15 is 0 Å². The van der Waals surface area contributed by atoms with Crippen molar-refractivity contribution in [1.82, 2.24) is 10.2 Å². The first kappa shape index (κ1) is 25.5. The van der Waals surface area contributed by atoms with Crippen LogP contribution in [0.2, 0.25) is 0 Å². The molecule has 1 saturated heterocycles. The van der Waals surface area contributed by atoms with Crippen molar-refractivity contribution in [1.29, 1.82) is 0 Å². The lowest BCUT2D eigenvalue weighted by molar-refractivity contribution is -0.126. The molecule has 1 aliphatic heterocycles. The number of piperidine rings is 1. The zero-order chi connectivity index (χ0) is 24.7. The highest BCUT2D eigenvalue weighted by molar-refractivity contribution is 6.58. The number of hydrogen-bond donors (Lipinski definition) is 3. The highest BCUT2D eigenvalue weighted by atomic mass is 16.6. The van der Waals surface area contributed by atoms with Crippen molar-refractivity contribution < 1.29 is 24.4 Å². The fourth-order valence-electron chi connectivity index (χ4n) is 3.93. The minimum Gasteiger partial charge on any atom is -0.444 e. The van der Waals surface area contributed by atoms with E-state index in [2.05, 4.69) is 17.4 Å². The molecule has 1 aliphatic rings. The van der Waals surface area contributed by atoms with E-state index < -0.39 is 18.8 Å². The van der Waals surface area contributed by atoms with E-state index in [0.717, 1.165) is 24.0 Å². The number of benzene rings is 2. The Morgan fingerprint density at radius 3 is 2.41 bits per heavy atom. The van der Waals surface area contributed by atoms with Crippen LogP contribution in [-0.4, -0.2) is 52.8 Å². The summed E-state index contributed by atoms with van der Waals surface area (Å²) in [5.74, 6) is 0.340. The lowest BCUT2D eigenvalue weighted by Gasteiger charge is -2.31. The molecule has 8 heteroatoms. The van der Waals surface area contributed by atoms with Gasteiger partial charge in [-0.25, -0.2) is 4.79 Å². The van der Waals surface area contributed by atoms with Crippen molar-refractivity contribution in [3.05, 3.63) is 71.3 Å². The number of likely N-dealkylation sites (tertiary alicyclic amines) is 1. The number of carbonyl (C=O) groups excluding carboxylic acids is 2. The molecule has 180 valence electrons. The van der Waals surface area contributed by atoms with Crippen molar-refractivity contribution in [3.8, 4) is 0 Å². The lowest BCUT2D eigenvalue weighted by atomic mass is 9.80. The first-order valence-electron chi connectivity index (χ1n) is 11.6. The maximum atomic E-state index is 12.6. The van der Waals surface area contributed by atoms with E-state index in [1.807, 2.05) is 37.8 Å². The Balaban J connectivity index is 1.50. The third kappa shape index (κ3) is 7.75. The topological polar surface area (TPSA) is 99.1 Å². The molecule has 0 radical (unpaired) electrons. The van der Waals surface area contributed by atoms with Crippen LogP contribution in [0.3, 0.4) is 0 Å². The Kier molecular flexibility index (Phi) is 8.53. The number of carbonyl (C=O) groups is 2. The number of nitrogens with one attached hydrogen (secondary N) is 1. The van der Waals surface area contributed by atoms with Crippen molar-refractivity contribution >= 4 is 30.7 Å². The fourth-order valence-corrected chi connectivity index (χ4v) is 3.93. The monoisotopic (exact) mass is 464 g/mol. The number of nitrogens with zero attached hydrogens (tertiary/aromatic N) is 1. The van der Waals surface area contributed by atoms with E-state index in [0.29, 0.717) is 31.0 Å². The number of hydrogen-bond acceptors (Lipinski definition) is 5. The predicted octanol–water partition coefficient (Wildman–Crippen LogP) is 2.81. The largest absolute Gasteiger partial charge is 0.488 e. The minimum atomic E-state index is -1.50. The van der Waals surface area contributed by atoms with Gasteiger partial charge in [0.1, 0.15) is 5.60 Å². The Labute approximate surface area is 201 Å². The maximum absolute atomic E-state index is 12.6. The van der Waals surface area contributed by atoms with Crippen LogP contribution in [0.4, 0.5) is 4.79 Å². The molecule has 0 aromatic heterocycles. The number of rotatable bonds is 6. The zero-order valence-corrected chi connectivity index (χ0v) is 20.0. The van der Waals surface area contributed by atoms with Crippen molar-refractivity contribution in [2.24, 2.45) is 0 Å². The summed E-state index contributed by atoms with van der Waals surface area (Å²) in [7, 11) is -1.50. The average Bonchev–Trinajstić information content (AvgIpc) is 2.80. The van der Waals surface area contributed by atoms with Gasteiger partial charge in [-0.05, 0) is 67.8 Å².